The zero-order chi connectivity index (χ0) is 20.9. The molecule has 4 nitrogen and oxygen atoms in total. The van der Waals surface area contributed by atoms with E-state index >= 15 is 0 Å². The van der Waals surface area contributed by atoms with Crippen LogP contribution in [0.3, 0.4) is 0 Å². The Bertz CT molecular complexity index is 1220. The summed E-state index contributed by atoms with van der Waals surface area (Å²) in [6.07, 6.45) is 1.82. The van der Waals surface area contributed by atoms with Gasteiger partial charge < -0.3 is 9.47 Å². The molecular weight excluding hydrogens is 392 g/mol. The highest BCUT2D eigenvalue weighted by Gasteiger charge is 2.10. The summed E-state index contributed by atoms with van der Waals surface area (Å²) in [5, 5.41) is 10.4. The number of nitrogens with zero attached hydrogens (tertiary/aromatic N) is 2. The highest BCUT2D eigenvalue weighted by molar-refractivity contribution is 7.19. The topological polar surface area (TPSA) is 55.1 Å². The molecule has 1 heterocycles. The van der Waals surface area contributed by atoms with Crippen molar-refractivity contribution in [2.45, 2.75) is 13.5 Å². The molecule has 0 amide bonds. The molecule has 0 atom stereocenters. The Balaban J connectivity index is 1.57. The summed E-state index contributed by atoms with van der Waals surface area (Å²) in [5.74, 6) is 1.28. The third-order valence-electron chi connectivity index (χ3n) is 4.66. The Kier molecular flexibility index (Phi) is 5.78. The van der Waals surface area contributed by atoms with E-state index in [-0.39, 0.29) is 0 Å². The first-order valence-corrected chi connectivity index (χ1v) is 10.3. The maximum absolute atomic E-state index is 9.67. The summed E-state index contributed by atoms with van der Waals surface area (Å²) < 4.78 is 12.5. The van der Waals surface area contributed by atoms with Crippen molar-refractivity contribution in [3.63, 3.8) is 0 Å². The Labute approximate surface area is 179 Å². The fraction of sp³-hybridized carbons (Fsp3) is 0.120. The molecule has 0 saturated carbocycles. The van der Waals surface area contributed by atoms with Gasteiger partial charge in [0.15, 0.2) is 11.5 Å². The predicted molar refractivity (Wildman–Crippen MR) is 122 cm³/mol. The van der Waals surface area contributed by atoms with Gasteiger partial charge in [0.05, 0.1) is 22.9 Å². The number of fused-ring (bicyclic) bond motifs is 1. The van der Waals surface area contributed by atoms with Crippen molar-refractivity contribution in [2.75, 3.05) is 7.11 Å². The third-order valence-corrected chi connectivity index (χ3v) is 5.73. The molecule has 0 aliphatic carbocycles. The van der Waals surface area contributed by atoms with Crippen molar-refractivity contribution in [3.05, 3.63) is 88.4 Å². The molecule has 0 unspecified atom stereocenters. The molecule has 0 radical (unpaired) electrons. The molecule has 4 rings (SSSR count). The van der Waals surface area contributed by atoms with Crippen molar-refractivity contribution in [1.29, 1.82) is 5.26 Å². The quantitative estimate of drug-likeness (QED) is 0.351. The molecule has 5 heteroatoms. The Morgan fingerprint density at radius 3 is 2.60 bits per heavy atom. The van der Waals surface area contributed by atoms with Gasteiger partial charge in [0.25, 0.3) is 0 Å². The van der Waals surface area contributed by atoms with Crippen molar-refractivity contribution >= 4 is 33.2 Å². The Hall–Kier alpha value is -3.62. The van der Waals surface area contributed by atoms with E-state index < -0.39 is 0 Å². The first-order valence-electron chi connectivity index (χ1n) is 9.50. The zero-order valence-corrected chi connectivity index (χ0v) is 17.6. The molecule has 148 valence electrons. The summed E-state index contributed by atoms with van der Waals surface area (Å²) in [4.78, 5) is 4.58. The summed E-state index contributed by atoms with van der Waals surface area (Å²) in [7, 11) is 1.61. The van der Waals surface area contributed by atoms with Crippen LogP contribution in [-0.4, -0.2) is 12.1 Å². The summed E-state index contributed by atoms with van der Waals surface area (Å²) in [6, 6.07) is 24.0. The second-order valence-electron chi connectivity index (χ2n) is 6.84. The van der Waals surface area contributed by atoms with E-state index in [9.17, 15) is 5.26 Å². The molecule has 3 aromatic carbocycles. The zero-order valence-electron chi connectivity index (χ0n) is 16.8. The maximum atomic E-state index is 9.67. The van der Waals surface area contributed by atoms with E-state index in [2.05, 4.69) is 42.2 Å². The van der Waals surface area contributed by atoms with Gasteiger partial charge in [-0.1, -0.05) is 48.0 Å². The first kappa shape index (κ1) is 19.7. The fourth-order valence-corrected chi connectivity index (χ4v) is 3.97. The van der Waals surface area contributed by atoms with Crippen LogP contribution in [-0.2, 0) is 6.61 Å². The van der Waals surface area contributed by atoms with Gasteiger partial charge in [-0.3, -0.25) is 0 Å². The van der Waals surface area contributed by atoms with Crippen LogP contribution in [0.2, 0.25) is 0 Å². The van der Waals surface area contributed by atoms with Crippen LogP contribution in [0, 0.1) is 18.3 Å². The smallest absolute Gasteiger partial charge is 0.161 e. The lowest BCUT2D eigenvalue weighted by Gasteiger charge is -2.11. The molecule has 0 bridgehead atoms. The number of hydrogen-bond donors (Lipinski definition) is 0. The van der Waals surface area contributed by atoms with Crippen molar-refractivity contribution < 1.29 is 9.47 Å². The molecule has 4 aromatic rings. The summed E-state index contributed by atoms with van der Waals surface area (Å²) >= 11 is 1.51. The van der Waals surface area contributed by atoms with E-state index in [1.54, 1.807) is 7.11 Å². The second kappa shape index (κ2) is 8.81. The normalized spacial score (nSPS) is 11.3. The van der Waals surface area contributed by atoms with Gasteiger partial charge in [-0.15, -0.1) is 11.3 Å². The van der Waals surface area contributed by atoms with Crippen LogP contribution >= 0.6 is 11.3 Å². The lowest BCUT2D eigenvalue weighted by molar-refractivity contribution is 0.284. The van der Waals surface area contributed by atoms with Crippen LogP contribution in [0.15, 0.2) is 66.7 Å². The number of aromatic nitrogens is 1. The van der Waals surface area contributed by atoms with Gasteiger partial charge in [0.1, 0.15) is 17.7 Å². The third kappa shape index (κ3) is 4.35. The van der Waals surface area contributed by atoms with Gasteiger partial charge in [0, 0.05) is 0 Å². The lowest BCUT2D eigenvalue weighted by Crippen LogP contribution is -1.98. The molecular formula is C25H20N2O2S. The predicted octanol–water partition coefficient (Wildman–Crippen LogP) is 6.26. The highest BCUT2D eigenvalue weighted by atomic mass is 32.1. The highest BCUT2D eigenvalue weighted by Crippen LogP contribution is 2.32. The minimum absolute atomic E-state index is 0.459. The van der Waals surface area contributed by atoms with E-state index in [0.29, 0.717) is 28.7 Å². The molecule has 1 aromatic heterocycles. The van der Waals surface area contributed by atoms with Crippen LogP contribution < -0.4 is 9.47 Å². The minimum Gasteiger partial charge on any atom is -0.493 e. The number of ether oxygens (including phenoxy) is 2. The summed E-state index contributed by atoms with van der Waals surface area (Å²) in [5.41, 5.74) is 4.58. The van der Waals surface area contributed by atoms with Crippen molar-refractivity contribution in [2.24, 2.45) is 0 Å². The standard InChI is InChI=1S/C25H20N2O2S/c1-17-7-9-18(10-8-17)16-29-22-12-11-19(14-23(22)28-2)13-20(15-26)25-27-21-5-3-4-6-24(21)30-25/h3-14H,16H2,1-2H3/b20-13+. The van der Waals surface area contributed by atoms with E-state index in [1.165, 1.54) is 16.9 Å². The molecule has 0 aliphatic heterocycles. The number of methoxy groups -OCH3 is 1. The number of aryl methyl sites for hydroxylation is 1. The van der Waals surface area contributed by atoms with E-state index in [4.69, 9.17) is 9.47 Å². The average Bonchev–Trinajstić information content (AvgIpc) is 3.21. The minimum atomic E-state index is 0.459. The van der Waals surface area contributed by atoms with Gasteiger partial charge >= 0.3 is 0 Å². The first-order chi connectivity index (χ1) is 14.7. The number of benzene rings is 3. The largest absolute Gasteiger partial charge is 0.493 e. The lowest BCUT2D eigenvalue weighted by atomic mass is 10.1. The van der Waals surface area contributed by atoms with E-state index in [0.717, 1.165) is 21.3 Å². The van der Waals surface area contributed by atoms with Gasteiger partial charge in [-0.05, 0) is 48.4 Å². The number of rotatable bonds is 6. The fourth-order valence-electron chi connectivity index (χ4n) is 3.03. The van der Waals surface area contributed by atoms with Gasteiger partial charge in [-0.2, -0.15) is 5.26 Å². The van der Waals surface area contributed by atoms with Gasteiger partial charge in [0.2, 0.25) is 0 Å². The average molecular weight is 413 g/mol. The molecule has 0 fully saturated rings. The van der Waals surface area contributed by atoms with Crippen LogP contribution in [0.4, 0.5) is 0 Å². The monoisotopic (exact) mass is 412 g/mol. The second-order valence-corrected chi connectivity index (χ2v) is 7.87. The Morgan fingerprint density at radius 2 is 1.87 bits per heavy atom. The summed E-state index contributed by atoms with van der Waals surface area (Å²) in [6.45, 7) is 2.52. The van der Waals surface area contributed by atoms with Crippen LogP contribution in [0.1, 0.15) is 21.7 Å². The number of nitriles is 1. The van der Waals surface area contributed by atoms with Crippen LogP contribution in [0.25, 0.3) is 21.9 Å². The van der Waals surface area contributed by atoms with Crippen molar-refractivity contribution in [3.8, 4) is 17.6 Å². The van der Waals surface area contributed by atoms with E-state index in [1.807, 2.05) is 48.5 Å². The SMILES string of the molecule is COc1cc(/C=C(\C#N)c2nc3ccccc3s2)ccc1OCc1ccc(C)cc1. The van der Waals surface area contributed by atoms with Gasteiger partial charge in [-0.25, -0.2) is 4.98 Å². The number of allylic oxidation sites excluding steroid dienone is 1. The molecule has 30 heavy (non-hydrogen) atoms. The molecule has 0 saturated heterocycles. The Morgan fingerprint density at radius 1 is 1.07 bits per heavy atom. The number of thiazole rings is 1. The van der Waals surface area contributed by atoms with Crippen LogP contribution in [0.5, 0.6) is 11.5 Å². The van der Waals surface area contributed by atoms with Crippen molar-refractivity contribution in [1.82, 2.24) is 4.98 Å². The number of para-hydroxylation sites is 1. The molecule has 0 spiro atoms. The maximum Gasteiger partial charge on any atom is 0.161 e. The number of hydrogen-bond acceptors (Lipinski definition) is 5. The molecule has 0 N–H and O–H groups in total. The molecule has 0 aliphatic rings.